The molecule has 8 heteroatoms. The van der Waals surface area contributed by atoms with Gasteiger partial charge in [-0.2, -0.15) is 13.2 Å². The third kappa shape index (κ3) is 5.08. The normalized spacial score (nSPS) is 16.0. The van der Waals surface area contributed by atoms with Gasteiger partial charge in [-0.25, -0.2) is 4.39 Å². The van der Waals surface area contributed by atoms with Gasteiger partial charge in [0.05, 0.1) is 11.1 Å². The number of hydrogen-bond donors (Lipinski definition) is 1. The number of rotatable bonds is 4. The van der Waals surface area contributed by atoms with Crippen molar-refractivity contribution in [3.63, 3.8) is 0 Å². The summed E-state index contributed by atoms with van der Waals surface area (Å²) in [5, 5.41) is 3.24. The molecule has 0 saturated carbocycles. The van der Waals surface area contributed by atoms with Crippen molar-refractivity contribution < 1.29 is 22.4 Å². The first-order valence-electron chi connectivity index (χ1n) is 7.69. The van der Waals surface area contributed by atoms with Crippen molar-refractivity contribution in [1.82, 2.24) is 10.2 Å². The van der Waals surface area contributed by atoms with E-state index in [0.29, 0.717) is 37.2 Å². The van der Waals surface area contributed by atoms with Crippen LogP contribution >= 0.6 is 12.4 Å². The van der Waals surface area contributed by atoms with Gasteiger partial charge in [-0.1, -0.05) is 6.92 Å². The lowest BCUT2D eigenvalue weighted by molar-refractivity contribution is -0.137. The second kappa shape index (κ2) is 8.67. The number of likely N-dealkylation sites (tertiary alicyclic amines) is 1. The summed E-state index contributed by atoms with van der Waals surface area (Å²) in [6.45, 7) is 4.61. The first kappa shape index (κ1) is 20.7. The summed E-state index contributed by atoms with van der Waals surface area (Å²) in [5.41, 5.74) is -1.52. The van der Waals surface area contributed by atoms with Gasteiger partial charge in [-0.05, 0) is 50.0 Å². The molecule has 0 spiro atoms. The van der Waals surface area contributed by atoms with Crippen LogP contribution in [0.4, 0.5) is 17.6 Å². The smallest absolute Gasteiger partial charge is 0.339 e. The van der Waals surface area contributed by atoms with Crippen molar-refractivity contribution in [3.8, 4) is 0 Å². The van der Waals surface area contributed by atoms with Crippen molar-refractivity contribution >= 4 is 18.3 Å². The van der Waals surface area contributed by atoms with E-state index in [4.69, 9.17) is 0 Å². The average Bonchev–Trinajstić information content (AvgIpc) is 2.52. The Morgan fingerprint density at radius 2 is 1.92 bits per heavy atom. The summed E-state index contributed by atoms with van der Waals surface area (Å²) in [7, 11) is 0. The highest BCUT2D eigenvalue weighted by molar-refractivity contribution is 5.94. The number of piperidine rings is 1. The Bertz CT molecular complexity index is 557. The summed E-state index contributed by atoms with van der Waals surface area (Å²) >= 11 is 0. The Morgan fingerprint density at radius 1 is 1.29 bits per heavy atom. The zero-order valence-corrected chi connectivity index (χ0v) is 14.1. The standard InChI is InChI=1S/C16H20F4N2O.ClH/c1-2-21-10-11-5-7-22(8-6-11)15(23)13-9-12(16(18,19)20)3-4-14(13)17;/h3-4,9,11,21H,2,5-8,10H2,1H3;1H. The van der Waals surface area contributed by atoms with Crippen LogP contribution < -0.4 is 5.32 Å². The van der Waals surface area contributed by atoms with Crippen LogP contribution in [0, 0.1) is 11.7 Å². The first-order valence-corrected chi connectivity index (χ1v) is 7.69. The van der Waals surface area contributed by atoms with Crippen LogP contribution in [-0.4, -0.2) is 37.0 Å². The zero-order valence-electron chi connectivity index (χ0n) is 13.3. The maximum atomic E-state index is 13.8. The van der Waals surface area contributed by atoms with Gasteiger partial charge in [-0.15, -0.1) is 12.4 Å². The van der Waals surface area contributed by atoms with E-state index in [1.54, 1.807) is 0 Å². The van der Waals surface area contributed by atoms with Crippen LogP contribution in [0.25, 0.3) is 0 Å². The van der Waals surface area contributed by atoms with E-state index < -0.39 is 29.0 Å². The zero-order chi connectivity index (χ0) is 17.0. The van der Waals surface area contributed by atoms with E-state index in [1.165, 1.54) is 4.90 Å². The summed E-state index contributed by atoms with van der Waals surface area (Å²) in [6.07, 6.45) is -3.07. The van der Waals surface area contributed by atoms with E-state index >= 15 is 0 Å². The molecule has 1 aliphatic rings. The summed E-state index contributed by atoms with van der Waals surface area (Å²) < 4.78 is 51.9. The summed E-state index contributed by atoms with van der Waals surface area (Å²) in [6, 6.07) is 1.95. The van der Waals surface area contributed by atoms with Crippen molar-refractivity contribution in [3.05, 3.63) is 35.1 Å². The molecule has 1 saturated heterocycles. The number of nitrogens with one attached hydrogen (secondary N) is 1. The molecule has 1 fully saturated rings. The van der Waals surface area contributed by atoms with Crippen molar-refractivity contribution in [2.45, 2.75) is 25.9 Å². The maximum absolute atomic E-state index is 13.8. The Balaban J connectivity index is 0.00000288. The lowest BCUT2D eigenvalue weighted by atomic mass is 9.96. The maximum Gasteiger partial charge on any atom is 0.416 e. The number of benzene rings is 1. The molecule has 0 aliphatic carbocycles. The first-order chi connectivity index (χ1) is 10.8. The fraction of sp³-hybridized carbons (Fsp3) is 0.562. The lowest BCUT2D eigenvalue weighted by Crippen LogP contribution is -2.41. The minimum absolute atomic E-state index is 0. The van der Waals surface area contributed by atoms with Crippen LogP contribution in [0.3, 0.4) is 0 Å². The highest BCUT2D eigenvalue weighted by atomic mass is 35.5. The minimum atomic E-state index is -4.60. The van der Waals surface area contributed by atoms with Gasteiger partial charge >= 0.3 is 6.18 Å². The van der Waals surface area contributed by atoms with Crippen molar-refractivity contribution in [2.24, 2.45) is 5.92 Å². The van der Waals surface area contributed by atoms with E-state index in [2.05, 4.69) is 5.32 Å². The van der Waals surface area contributed by atoms with Crippen molar-refractivity contribution in [2.75, 3.05) is 26.2 Å². The molecular weight excluding hydrogens is 348 g/mol. The molecule has 3 nitrogen and oxygen atoms in total. The average molecular weight is 369 g/mol. The number of carbonyl (C=O) groups excluding carboxylic acids is 1. The second-order valence-electron chi connectivity index (χ2n) is 5.74. The third-order valence-corrected chi connectivity index (χ3v) is 4.11. The van der Waals surface area contributed by atoms with Crippen LogP contribution in [0.15, 0.2) is 18.2 Å². The van der Waals surface area contributed by atoms with Gasteiger partial charge in [0, 0.05) is 13.1 Å². The monoisotopic (exact) mass is 368 g/mol. The Labute approximate surface area is 144 Å². The predicted molar refractivity (Wildman–Crippen MR) is 85.8 cm³/mol. The molecule has 1 amide bonds. The molecule has 1 aliphatic heterocycles. The largest absolute Gasteiger partial charge is 0.416 e. The molecule has 1 aromatic carbocycles. The Kier molecular flexibility index (Phi) is 7.48. The molecule has 0 atom stereocenters. The molecule has 0 aromatic heterocycles. The van der Waals surface area contributed by atoms with Crippen LogP contribution in [0.2, 0.25) is 0 Å². The van der Waals surface area contributed by atoms with E-state index in [1.807, 2.05) is 6.92 Å². The fourth-order valence-electron chi connectivity index (χ4n) is 2.72. The number of alkyl halides is 3. The fourth-order valence-corrected chi connectivity index (χ4v) is 2.72. The van der Waals surface area contributed by atoms with Crippen LogP contribution in [0.1, 0.15) is 35.7 Å². The van der Waals surface area contributed by atoms with Gasteiger partial charge < -0.3 is 10.2 Å². The molecule has 24 heavy (non-hydrogen) atoms. The Morgan fingerprint density at radius 3 is 2.46 bits per heavy atom. The second-order valence-corrected chi connectivity index (χ2v) is 5.74. The molecule has 0 unspecified atom stereocenters. The van der Waals surface area contributed by atoms with E-state index in [-0.39, 0.29) is 12.4 Å². The highest BCUT2D eigenvalue weighted by Crippen LogP contribution is 2.31. The SMILES string of the molecule is CCNCC1CCN(C(=O)c2cc(C(F)(F)F)ccc2F)CC1.Cl. The van der Waals surface area contributed by atoms with E-state index in [9.17, 15) is 22.4 Å². The molecular formula is C16H21ClF4N2O. The third-order valence-electron chi connectivity index (χ3n) is 4.11. The van der Waals surface area contributed by atoms with Crippen molar-refractivity contribution in [1.29, 1.82) is 0 Å². The predicted octanol–water partition coefficient (Wildman–Crippen LogP) is 3.73. The lowest BCUT2D eigenvalue weighted by Gasteiger charge is -2.32. The van der Waals surface area contributed by atoms with Crippen LogP contribution in [-0.2, 0) is 6.18 Å². The molecule has 0 radical (unpaired) electrons. The molecule has 1 aromatic rings. The van der Waals surface area contributed by atoms with Gasteiger partial charge in [0.25, 0.3) is 5.91 Å². The number of halogens is 5. The number of carbonyl (C=O) groups is 1. The van der Waals surface area contributed by atoms with Gasteiger partial charge in [-0.3, -0.25) is 4.79 Å². The molecule has 136 valence electrons. The number of amides is 1. The summed E-state index contributed by atoms with van der Waals surface area (Å²) in [5.74, 6) is -1.15. The van der Waals surface area contributed by atoms with E-state index in [0.717, 1.165) is 25.9 Å². The van der Waals surface area contributed by atoms with Gasteiger partial charge in [0.1, 0.15) is 5.82 Å². The molecule has 0 bridgehead atoms. The van der Waals surface area contributed by atoms with Gasteiger partial charge in [0.15, 0.2) is 0 Å². The van der Waals surface area contributed by atoms with Gasteiger partial charge in [0.2, 0.25) is 0 Å². The topological polar surface area (TPSA) is 32.3 Å². The Hall–Kier alpha value is -1.34. The summed E-state index contributed by atoms with van der Waals surface area (Å²) in [4.78, 5) is 13.8. The number of nitrogens with zero attached hydrogens (tertiary/aromatic N) is 1. The minimum Gasteiger partial charge on any atom is -0.339 e. The molecule has 2 rings (SSSR count). The number of hydrogen-bond acceptors (Lipinski definition) is 2. The van der Waals surface area contributed by atoms with Crippen LogP contribution in [0.5, 0.6) is 0 Å². The molecule has 1 heterocycles. The highest BCUT2D eigenvalue weighted by Gasteiger charge is 2.33. The molecule has 1 N–H and O–H groups in total. The quantitative estimate of drug-likeness (QED) is 0.821.